The summed E-state index contributed by atoms with van der Waals surface area (Å²) < 4.78 is 0. The van der Waals surface area contributed by atoms with Crippen molar-refractivity contribution in [3.8, 4) is 11.8 Å². The fourth-order valence-electron chi connectivity index (χ4n) is 1.17. The number of hydrogen-bond acceptors (Lipinski definition) is 2. The zero-order chi connectivity index (χ0) is 12.5. The number of benzene rings is 1. The van der Waals surface area contributed by atoms with Crippen LogP contribution in [0.3, 0.4) is 0 Å². The smallest absolute Gasteiger partial charge is 0.216 e. The SMILES string of the molecule is CC(=O)NCCC#Cc1ccccc1N=[N+]=[N-]. The van der Waals surface area contributed by atoms with E-state index >= 15 is 0 Å². The van der Waals surface area contributed by atoms with Gasteiger partial charge in [-0.1, -0.05) is 35.2 Å². The van der Waals surface area contributed by atoms with Gasteiger partial charge in [-0.3, -0.25) is 4.79 Å². The van der Waals surface area contributed by atoms with E-state index in [0.717, 1.165) is 0 Å². The molecule has 17 heavy (non-hydrogen) atoms. The van der Waals surface area contributed by atoms with Crippen LogP contribution in [0.1, 0.15) is 18.9 Å². The highest BCUT2D eigenvalue weighted by atomic mass is 16.1. The predicted octanol–water partition coefficient (Wildman–Crippen LogP) is 2.51. The van der Waals surface area contributed by atoms with Crippen molar-refractivity contribution in [1.82, 2.24) is 5.32 Å². The molecule has 1 aromatic carbocycles. The standard InChI is InChI=1S/C12H12N4O/c1-10(17)14-9-5-4-7-11-6-2-3-8-12(11)15-16-13/h2-3,6,8H,5,9H2,1H3,(H,14,17). The number of nitrogens with one attached hydrogen (secondary N) is 1. The maximum absolute atomic E-state index is 10.6. The summed E-state index contributed by atoms with van der Waals surface area (Å²) in [7, 11) is 0. The summed E-state index contributed by atoms with van der Waals surface area (Å²) in [6.45, 7) is 1.98. The lowest BCUT2D eigenvalue weighted by Crippen LogP contribution is -2.20. The van der Waals surface area contributed by atoms with Crippen LogP contribution in [-0.2, 0) is 4.79 Å². The number of nitrogens with zero attached hydrogens (tertiary/aromatic N) is 3. The van der Waals surface area contributed by atoms with Gasteiger partial charge in [-0.2, -0.15) is 0 Å². The van der Waals surface area contributed by atoms with Crippen LogP contribution in [0.4, 0.5) is 5.69 Å². The first-order valence-corrected chi connectivity index (χ1v) is 5.11. The first-order valence-electron chi connectivity index (χ1n) is 5.11. The molecule has 0 heterocycles. The Morgan fingerprint density at radius 1 is 1.53 bits per heavy atom. The Hall–Kier alpha value is -2.44. The zero-order valence-electron chi connectivity index (χ0n) is 9.47. The molecule has 0 aliphatic rings. The van der Waals surface area contributed by atoms with Crippen LogP contribution in [0, 0.1) is 11.8 Å². The number of carbonyl (C=O) groups excluding carboxylic acids is 1. The Bertz CT molecular complexity index is 507. The van der Waals surface area contributed by atoms with Gasteiger partial charge in [-0.15, -0.1) is 0 Å². The highest BCUT2D eigenvalue weighted by Crippen LogP contribution is 2.17. The molecular formula is C12H12N4O. The first kappa shape index (κ1) is 12.6. The van der Waals surface area contributed by atoms with Crippen molar-refractivity contribution in [2.75, 3.05) is 6.54 Å². The second-order valence-electron chi connectivity index (χ2n) is 3.24. The predicted molar refractivity (Wildman–Crippen MR) is 65.4 cm³/mol. The van der Waals surface area contributed by atoms with Crippen LogP contribution in [0.5, 0.6) is 0 Å². The molecule has 0 aromatic heterocycles. The van der Waals surface area contributed by atoms with Gasteiger partial charge < -0.3 is 5.32 Å². The summed E-state index contributed by atoms with van der Waals surface area (Å²) in [6.07, 6.45) is 0.560. The molecule has 1 amide bonds. The number of azide groups is 1. The summed E-state index contributed by atoms with van der Waals surface area (Å²) >= 11 is 0. The van der Waals surface area contributed by atoms with Gasteiger partial charge in [-0.05, 0) is 11.6 Å². The van der Waals surface area contributed by atoms with Crippen molar-refractivity contribution in [2.45, 2.75) is 13.3 Å². The van der Waals surface area contributed by atoms with Crippen LogP contribution in [-0.4, -0.2) is 12.5 Å². The topological polar surface area (TPSA) is 77.9 Å². The highest BCUT2D eigenvalue weighted by molar-refractivity contribution is 5.72. The third-order valence-electron chi connectivity index (χ3n) is 1.90. The summed E-state index contributed by atoms with van der Waals surface area (Å²) in [6, 6.07) is 7.10. The molecule has 0 unspecified atom stereocenters. The van der Waals surface area contributed by atoms with E-state index in [1.807, 2.05) is 6.07 Å². The maximum Gasteiger partial charge on any atom is 0.216 e. The molecule has 0 spiro atoms. The van der Waals surface area contributed by atoms with Gasteiger partial charge in [0.05, 0.1) is 5.69 Å². The van der Waals surface area contributed by atoms with E-state index in [4.69, 9.17) is 5.53 Å². The average Bonchev–Trinajstić information content (AvgIpc) is 2.31. The number of rotatable bonds is 3. The second-order valence-corrected chi connectivity index (χ2v) is 3.24. The summed E-state index contributed by atoms with van der Waals surface area (Å²) in [5.41, 5.74) is 9.58. The molecule has 5 nitrogen and oxygen atoms in total. The Morgan fingerprint density at radius 3 is 3.00 bits per heavy atom. The van der Waals surface area contributed by atoms with Crippen molar-refractivity contribution >= 4 is 11.6 Å². The van der Waals surface area contributed by atoms with Gasteiger partial charge >= 0.3 is 0 Å². The molecule has 0 radical (unpaired) electrons. The molecule has 0 fully saturated rings. The largest absolute Gasteiger partial charge is 0.355 e. The van der Waals surface area contributed by atoms with Crippen LogP contribution in [0.2, 0.25) is 0 Å². The van der Waals surface area contributed by atoms with Gasteiger partial charge in [0.1, 0.15) is 0 Å². The van der Waals surface area contributed by atoms with Crippen molar-refractivity contribution in [3.05, 3.63) is 40.3 Å². The van der Waals surface area contributed by atoms with Gasteiger partial charge in [0.2, 0.25) is 5.91 Å². The molecule has 0 aliphatic heterocycles. The van der Waals surface area contributed by atoms with E-state index in [1.54, 1.807) is 18.2 Å². The van der Waals surface area contributed by atoms with Crippen molar-refractivity contribution in [1.29, 1.82) is 0 Å². The molecule has 0 atom stereocenters. The van der Waals surface area contributed by atoms with Gasteiger partial charge in [0.25, 0.3) is 0 Å². The first-order chi connectivity index (χ1) is 8.24. The van der Waals surface area contributed by atoms with Crippen LogP contribution in [0.25, 0.3) is 10.4 Å². The van der Waals surface area contributed by atoms with Crippen molar-refractivity contribution in [2.24, 2.45) is 5.11 Å². The summed E-state index contributed by atoms with van der Waals surface area (Å²) in [5.74, 6) is 5.75. The quantitative estimate of drug-likeness (QED) is 0.278. The summed E-state index contributed by atoms with van der Waals surface area (Å²) in [4.78, 5) is 13.3. The number of amides is 1. The Kier molecular flexibility index (Phi) is 5.15. The van der Waals surface area contributed by atoms with Crippen molar-refractivity contribution in [3.63, 3.8) is 0 Å². The molecule has 1 N–H and O–H groups in total. The summed E-state index contributed by atoms with van der Waals surface area (Å²) in [5, 5.41) is 6.19. The average molecular weight is 228 g/mol. The second kappa shape index (κ2) is 6.94. The Morgan fingerprint density at radius 2 is 2.29 bits per heavy atom. The van der Waals surface area contributed by atoms with Crippen LogP contribution in [0.15, 0.2) is 29.4 Å². The lowest BCUT2D eigenvalue weighted by Gasteiger charge is -1.96. The van der Waals surface area contributed by atoms with E-state index in [0.29, 0.717) is 24.2 Å². The molecule has 5 heteroatoms. The fourth-order valence-corrected chi connectivity index (χ4v) is 1.17. The molecule has 1 rings (SSSR count). The zero-order valence-corrected chi connectivity index (χ0v) is 9.47. The molecule has 1 aromatic rings. The normalized spacial score (nSPS) is 8.53. The van der Waals surface area contributed by atoms with Crippen LogP contribution < -0.4 is 5.32 Å². The minimum atomic E-state index is -0.0683. The number of carbonyl (C=O) groups is 1. The molecule has 86 valence electrons. The molecule has 0 aliphatic carbocycles. The third-order valence-corrected chi connectivity index (χ3v) is 1.90. The molecule has 0 saturated carbocycles. The van der Waals surface area contributed by atoms with Crippen LogP contribution >= 0.6 is 0 Å². The van der Waals surface area contributed by atoms with Gasteiger partial charge in [-0.25, -0.2) is 0 Å². The van der Waals surface area contributed by atoms with Gasteiger partial charge in [0.15, 0.2) is 0 Å². The lowest BCUT2D eigenvalue weighted by molar-refractivity contribution is -0.118. The number of hydrogen-bond donors (Lipinski definition) is 1. The van der Waals surface area contributed by atoms with Crippen molar-refractivity contribution < 1.29 is 4.79 Å². The Balaban J connectivity index is 2.65. The lowest BCUT2D eigenvalue weighted by atomic mass is 10.2. The van der Waals surface area contributed by atoms with E-state index in [2.05, 4.69) is 27.2 Å². The van der Waals surface area contributed by atoms with E-state index in [-0.39, 0.29) is 5.91 Å². The van der Waals surface area contributed by atoms with E-state index in [9.17, 15) is 4.79 Å². The highest BCUT2D eigenvalue weighted by Gasteiger charge is 1.94. The minimum absolute atomic E-state index is 0.0683. The third kappa shape index (κ3) is 4.74. The molecule has 0 bridgehead atoms. The van der Waals surface area contributed by atoms with E-state index < -0.39 is 0 Å². The van der Waals surface area contributed by atoms with E-state index in [1.165, 1.54) is 6.92 Å². The molecular weight excluding hydrogens is 216 g/mol. The molecule has 0 saturated heterocycles. The monoisotopic (exact) mass is 228 g/mol. The fraction of sp³-hybridized carbons (Fsp3) is 0.250. The van der Waals surface area contributed by atoms with Gasteiger partial charge in [0, 0.05) is 30.4 Å². The minimum Gasteiger partial charge on any atom is -0.355 e. The maximum atomic E-state index is 10.6. The Labute approximate surface area is 99.5 Å².